The standard InChI is InChI=1S/C17H26N4/c1-6-17(18-4)16(9-8-10-19-7-2)14-21-12-11-20(5)13-15(21)3/h6-10,18H,1-3,11-14H2,4-5H3. The molecular formula is C17H26N4. The first-order valence-corrected chi connectivity index (χ1v) is 7.07. The fourth-order valence-electron chi connectivity index (χ4n) is 2.23. The minimum atomic E-state index is 0.813. The highest BCUT2D eigenvalue weighted by atomic mass is 15.3. The Morgan fingerprint density at radius 3 is 2.71 bits per heavy atom. The number of allylic oxidation sites excluding steroid dienone is 2. The molecule has 1 rings (SSSR count). The maximum Gasteiger partial charge on any atom is 0.0447 e. The van der Waals surface area contributed by atoms with Crippen molar-refractivity contribution in [3.63, 3.8) is 0 Å². The van der Waals surface area contributed by atoms with Crippen molar-refractivity contribution in [1.29, 1.82) is 0 Å². The molecule has 114 valence electrons. The predicted molar refractivity (Wildman–Crippen MR) is 92.3 cm³/mol. The number of rotatable bonds is 7. The summed E-state index contributed by atoms with van der Waals surface area (Å²) in [6, 6.07) is 0. The number of nitrogens with one attached hydrogen (secondary N) is 1. The van der Waals surface area contributed by atoms with E-state index in [1.807, 2.05) is 25.3 Å². The molecule has 0 aromatic heterocycles. The first kappa shape index (κ1) is 17.0. The zero-order valence-corrected chi connectivity index (χ0v) is 13.2. The van der Waals surface area contributed by atoms with Crippen molar-refractivity contribution in [1.82, 2.24) is 15.1 Å². The molecule has 1 aliphatic heterocycles. The van der Waals surface area contributed by atoms with E-state index in [-0.39, 0.29) is 0 Å². The van der Waals surface area contributed by atoms with Gasteiger partial charge in [0.15, 0.2) is 0 Å². The highest BCUT2D eigenvalue weighted by molar-refractivity contribution is 5.72. The maximum absolute atomic E-state index is 4.17. The van der Waals surface area contributed by atoms with Crippen molar-refractivity contribution in [2.75, 3.05) is 40.3 Å². The largest absolute Gasteiger partial charge is 0.388 e. The van der Waals surface area contributed by atoms with Crippen LogP contribution in [-0.4, -0.2) is 56.3 Å². The van der Waals surface area contributed by atoms with E-state index in [2.05, 4.69) is 46.9 Å². The van der Waals surface area contributed by atoms with Gasteiger partial charge >= 0.3 is 0 Å². The molecule has 4 nitrogen and oxygen atoms in total. The average Bonchev–Trinajstić information content (AvgIpc) is 2.47. The van der Waals surface area contributed by atoms with Gasteiger partial charge in [-0.15, -0.1) is 0 Å². The molecule has 1 N–H and O–H groups in total. The van der Waals surface area contributed by atoms with Gasteiger partial charge in [-0.25, -0.2) is 0 Å². The SMILES string of the molecule is C=CN=CC=CC(CN1CCN(C)CC1=C)=C(C=C)NC. The van der Waals surface area contributed by atoms with Crippen LogP contribution in [-0.2, 0) is 0 Å². The van der Waals surface area contributed by atoms with Crippen LogP contribution in [0.25, 0.3) is 0 Å². The van der Waals surface area contributed by atoms with Crippen molar-refractivity contribution in [2.45, 2.75) is 0 Å². The summed E-state index contributed by atoms with van der Waals surface area (Å²) in [5, 5.41) is 3.18. The fraction of sp³-hybridized carbons (Fsp3) is 0.353. The molecule has 0 amide bonds. The van der Waals surface area contributed by atoms with Gasteiger partial charge in [0.05, 0.1) is 0 Å². The Morgan fingerprint density at radius 1 is 1.38 bits per heavy atom. The van der Waals surface area contributed by atoms with E-state index in [9.17, 15) is 0 Å². The molecule has 1 saturated heterocycles. The topological polar surface area (TPSA) is 30.9 Å². The van der Waals surface area contributed by atoms with E-state index in [1.54, 1.807) is 6.21 Å². The smallest absolute Gasteiger partial charge is 0.0447 e. The predicted octanol–water partition coefficient (Wildman–Crippen LogP) is 2.18. The monoisotopic (exact) mass is 286 g/mol. The lowest BCUT2D eigenvalue weighted by Crippen LogP contribution is -2.43. The van der Waals surface area contributed by atoms with E-state index >= 15 is 0 Å². The van der Waals surface area contributed by atoms with E-state index < -0.39 is 0 Å². The zero-order valence-electron chi connectivity index (χ0n) is 13.2. The van der Waals surface area contributed by atoms with E-state index in [1.165, 1.54) is 6.20 Å². The number of piperazine rings is 1. The van der Waals surface area contributed by atoms with Gasteiger partial charge in [0.1, 0.15) is 0 Å². The summed E-state index contributed by atoms with van der Waals surface area (Å²) in [5.41, 5.74) is 3.33. The van der Waals surface area contributed by atoms with E-state index in [0.717, 1.165) is 43.1 Å². The lowest BCUT2D eigenvalue weighted by atomic mass is 10.1. The number of likely N-dealkylation sites (N-methyl/N-ethyl adjacent to an activating group) is 2. The Morgan fingerprint density at radius 2 is 2.14 bits per heavy atom. The van der Waals surface area contributed by atoms with Crippen molar-refractivity contribution in [2.24, 2.45) is 4.99 Å². The lowest BCUT2D eigenvalue weighted by molar-refractivity contribution is 0.215. The lowest BCUT2D eigenvalue weighted by Gasteiger charge is -2.36. The summed E-state index contributed by atoms with van der Waals surface area (Å²) < 4.78 is 0. The second-order valence-electron chi connectivity index (χ2n) is 4.96. The van der Waals surface area contributed by atoms with Crippen molar-refractivity contribution < 1.29 is 0 Å². The third kappa shape index (κ3) is 5.44. The number of aliphatic imine (C=N–C) groups is 1. The highest BCUT2D eigenvalue weighted by Crippen LogP contribution is 2.15. The van der Waals surface area contributed by atoms with Crippen LogP contribution in [0.1, 0.15) is 0 Å². The summed E-state index contributed by atoms with van der Waals surface area (Å²) in [5.74, 6) is 0. The Balaban J connectivity index is 2.87. The van der Waals surface area contributed by atoms with Gasteiger partial charge in [-0.2, -0.15) is 0 Å². The fourth-order valence-corrected chi connectivity index (χ4v) is 2.23. The van der Waals surface area contributed by atoms with Crippen molar-refractivity contribution >= 4 is 6.21 Å². The number of hydrogen-bond acceptors (Lipinski definition) is 4. The van der Waals surface area contributed by atoms with Gasteiger partial charge in [0.2, 0.25) is 0 Å². The maximum atomic E-state index is 4.17. The molecule has 0 aromatic rings. The van der Waals surface area contributed by atoms with Crippen molar-refractivity contribution in [3.8, 4) is 0 Å². The molecule has 0 aromatic carbocycles. The van der Waals surface area contributed by atoms with Gasteiger partial charge in [0, 0.05) is 57.0 Å². The third-order valence-corrected chi connectivity index (χ3v) is 3.41. The molecule has 0 radical (unpaired) electrons. The van der Waals surface area contributed by atoms with Gasteiger partial charge in [-0.1, -0.05) is 25.8 Å². The van der Waals surface area contributed by atoms with Crippen LogP contribution in [0.2, 0.25) is 0 Å². The van der Waals surface area contributed by atoms with Gasteiger partial charge in [-0.05, 0) is 24.8 Å². The van der Waals surface area contributed by atoms with Gasteiger partial charge < -0.3 is 10.2 Å². The first-order valence-electron chi connectivity index (χ1n) is 7.07. The molecule has 21 heavy (non-hydrogen) atoms. The third-order valence-electron chi connectivity index (χ3n) is 3.41. The van der Waals surface area contributed by atoms with Crippen LogP contribution in [0, 0.1) is 0 Å². The van der Waals surface area contributed by atoms with Crippen LogP contribution in [0.15, 0.2) is 66.1 Å². The molecule has 1 aliphatic rings. The van der Waals surface area contributed by atoms with Crippen LogP contribution in [0.4, 0.5) is 0 Å². The quantitative estimate of drug-likeness (QED) is 0.575. The van der Waals surface area contributed by atoms with Crippen molar-refractivity contribution in [3.05, 3.63) is 61.1 Å². The summed E-state index contributed by atoms with van der Waals surface area (Å²) in [6.45, 7) is 15.4. The molecular weight excluding hydrogens is 260 g/mol. The van der Waals surface area contributed by atoms with E-state index in [0.29, 0.717) is 0 Å². The molecule has 0 saturated carbocycles. The Hall–Kier alpha value is -2.07. The molecule has 4 heteroatoms. The van der Waals surface area contributed by atoms with Crippen LogP contribution >= 0.6 is 0 Å². The van der Waals surface area contributed by atoms with Crippen LogP contribution in [0.5, 0.6) is 0 Å². The second-order valence-corrected chi connectivity index (χ2v) is 4.96. The van der Waals surface area contributed by atoms with Gasteiger partial charge in [0.25, 0.3) is 0 Å². The summed E-state index contributed by atoms with van der Waals surface area (Å²) >= 11 is 0. The molecule has 0 atom stereocenters. The second kappa shape index (κ2) is 8.97. The summed E-state index contributed by atoms with van der Waals surface area (Å²) in [6.07, 6.45) is 9.04. The number of nitrogens with zero attached hydrogens (tertiary/aromatic N) is 3. The Kier molecular flexibility index (Phi) is 7.26. The average molecular weight is 286 g/mol. The number of hydrogen-bond donors (Lipinski definition) is 1. The molecule has 1 heterocycles. The highest BCUT2D eigenvalue weighted by Gasteiger charge is 2.17. The molecule has 1 fully saturated rings. The molecule has 0 unspecified atom stereocenters. The normalized spacial score (nSPS) is 18.2. The van der Waals surface area contributed by atoms with E-state index in [4.69, 9.17) is 0 Å². The Bertz CT molecular complexity index is 471. The van der Waals surface area contributed by atoms with Gasteiger partial charge in [-0.3, -0.25) is 9.89 Å². The molecule has 0 spiro atoms. The van der Waals surface area contributed by atoms with Crippen LogP contribution in [0.3, 0.4) is 0 Å². The zero-order chi connectivity index (χ0) is 15.7. The Labute approximate surface area is 128 Å². The minimum absolute atomic E-state index is 0.813. The minimum Gasteiger partial charge on any atom is -0.388 e. The summed E-state index contributed by atoms with van der Waals surface area (Å²) in [7, 11) is 4.02. The first-order chi connectivity index (χ1) is 10.1. The summed E-state index contributed by atoms with van der Waals surface area (Å²) in [4.78, 5) is 8.56. The molecule has 0 bridgehead atoms. The van der Waals surface area contributed by atoms with Crippen LogP contribution < -0.4 is 5.32 Å². The molecule has 0 aliphatic carbocycles.